The van der Waals surface area contributed by atoms with E-state index in [9.17, 15) is 9.59 Å². The van der Waals surface area contributed by atoms with Crippen molar-refractivity contribution in [3.63, 3.8) is 0 Å². The predicted octanol–water partition coefficient (Wildman–Crippen LogP) is 2.26. The molecule has 0 aliphatic heterocycles. The van der Waals surface area contributed by atoms with Gasteiger partial charge in [0.05, 0.1) is 25.3 Å². The molecule has 0 heterocycles. The van der Waals surface area contributed by atoms with Crippen molar-refractivity contribution in [3.8, 4) is 5.75 Å². The highest BCUT2D eigenvalue weighted by atomic mass is 35.5. The van der Waals surface area contributed by atoms with E-state index in [1.165, 1.54) is 14.2 Å². The first-order valence-electron chi connectivity index (χ1n) is 5.30. The Kier molecular flexibility index (Phi) is 5.38. The molecule has 0 unspecified atom stereocenters. The molecule has 0 saturated carbocycles. The molecule has 19 heavy (non-hydrogen) atoms. The third-order valence-electron chi connectivity index (χ3n) is 2.14. The van der Waals surface area contributed by atoms with Crippen molar-refractivity contribution in [3.05, 3.63) is 40.6 Å². The maximum Gasteiger partial charge on any atom is 0.374 e. The normalized spacial score (nSPS) is 10.8. The van der Waals surface area contributed by atoms with Gasteiger partial charge in [-0.2, -0.15) is 0 Å². The average molecular weight is 285 g/mol. The molecule has 0 atom stereocenters. The molecule has 0 amide bonds. The van der Waals surface area contributed by atoms with Crippen LogP contribution in [0.1, 0.15) is 5.56 Å². The van der Waals surface area contributed by atoms with Gasteiger partial charge in [-0.25, -0.2) is 9.59 Å². The summed E-state index contributed by atoms with van der Waals surface area (Å²) in [6, 6.07) is 5.05. The molecule has 6 heteroatoms. The Bertz CT molecular complexity index is 522. The molecule has 1 aromatic rings. The van der Waals surface area contributed by atoms with Crippen LogP contribution in [-0.2, 0) is 19.1 Å². The molecule has 0 aromatic heterocycles. The first-order chi connectivity index (χ1) is 8.97. The minimum absolute atomic E-state index is 0.252. The quantitative estimate of drug-likeness (QED) is 0.482. The maximum atomic E-state index is 11.5. The lowest BCUT2D eigenvalue weighted by atomic mass is 10.2. The fourth-order valence-electron chi connectivity index (χ4n) is 1.20. The fraction of sp³-hybridized carbons (Fsp3) is 0.231. The van der Waals surface area contributed by atoms with Crippen LogP contribution in [-0.4, -0.2) is 26.2 Å². The summed E-state index contributed by atoms with van der Waals surface area (Å²) < 4.78 is 14.3. The topological polar surface area (TPSA) is 61.8 Å². The third kappa shape index (κ3) is 4.30. The summed E-state index contributed by atoms with van der Waals surface area (Å²) in [5, 5.41) is 0.310. The number of hydrogen-bond acceptors (Lipinski definition) is 5. The van der Waals surface area contributed by atoms with Gasteiger partial charge in [0.1, 0.15) is 5.75 Å². The van der Waals surface area contributed by atoms with Crippen molar-refractivity contribution >= 4 is 23.5 Å². The summed E-state index contributed by atoms with van der Waals surface area (Å²) in [6.45, 7) is 1.84. The highest BCUT2D eigenvalue weighted by Crippen LogP contribution is 2.27. The second-order valence-electron chi connectivity index (χ2n) is 3.56. The largest absolute Gasteiger partial charge is 0.466 e. The molecule has 0 fully saturated rings. The Hall–Kier alpha value is -2.01. The Morgan fingerprint density at radius 1 is 1.21 bits per heavy atom. The van der Waals surface area contributed by atoms with Crippen LogP contribution in [0.25, 0.3) is 0 Å². The number of ether oxygens (including phenoxy) is 3. The van der Waals surface area contributed by atoms with Crippen LogP contribution in [0.5, 0.6) is 5.75 Å². The second-order valence-corrected chi connectivity index (χ2v) is 3.97. The number of aryl methyl sites for hydroxylation is 1. The Morgan fingerprint density at radius 2 is 1.89 bits per heavy atom. The van der Waals surface area contributed by atoms with Crippen molar-refractivity contribution < 1.29 is 23.8 Å². The molecule has 0 bridgehead atoms. The average Bonchev–Trinajstić information content (AvgIpc) is 2.40. The molecule has 0 saturated heterocycles. The van der Waals surface area contributed by atoms with E-state index in [-0.39, 0.29) is 11.5 Å². The lowest BCUT2D eigenvalue weighted by Gasteiger charge is -2.10. The molecular formula is C13H13ClO5. The van der Waals surface area contributed by atoms with Gasteiger partial charge in [0.15, 0.2) is 0 Å². The first-order valence-corrected chi connectivity index (χ1v) is 5.67. The number of carbonyl (C=O) groups is 2. The van der Waals surface area contributed by atoms with Crippen molar-refractivity contribution in [1.29, 1.82) is 0 Å². The minimum Gasteiger partial charge on any atom is -0.466 e. The molecule has 0 spiro atoms. The molecule has 1 rings (SSSR count). The SMILES string of the molecule is COC(=O)/C=C(/Oc1cc(C)ccc1Cl)C(=O)OC. The van der Waals surface area contributed by atoms with E-state index < -0.39 is 11.9 Å². The summed E-state index contributed by atoms with van der Waals surface area (Å²) in [5.74, 6) is -1.59. The van der Waals surface area contributed by atoms with E-state index in [0.29, 0.717) is 5.02 Å². The summed E-state index contributed by atoms with van der Waals surface area (Å²) in [7, 11) is 2.36. The number of carbonyl (C=O) groups excluding carboxylic acids is 2. The van der Waals surface area contributed by atoms with Crippen LogP contribution in [0.2, 0.25) is 5.02 Å². The van der Waals surface area contributed by atoms with Gasteiger partial charge in [-0.15, -0.1) is 0 Å². The van der Waals surface area contributed by atoms with E-state index >= 15 is 0 Å². The van der Waals surface area contributed by atoms with Crippen LogP contribution in [0.3, 0.4) is 0 Å². The van der Waals surface area contributed by atoms with Crippen molar-refractivity contribution in [1.82, 2.24) is 0 Å². The minimum atomic E-state index is -0.803. The van der Waals surface area contributed by atoms with Gasteiger partial charge in [0, 0.05) is 0 Å². The number of benzene rings is 1. The van der Waals surface area contributed by atoms with Gasteiger partial charge in [-0.1, -0.05) is 17.7 Å². The highest BCUT2D eigenvalue weighted by Gasteiger charge is 2.16. The van der Waals surface area contributed by atoms with Gasteiger partial charge >= 0.3 is 11.9 Å². The van der Waals surface area contributed by atoms with E-state index in [2.05, 4.69) is 9.47 Å². The lowest BCUT2D eigenvalue weighted by Crippen LogP contribution is -2.13. The van der Waals surface area contributed by atoms with Crippen LogP contribution >= 0.6 is 11.6 Å². The zero-order valence-corrected chi connectivity index (χ0v) is 11.5. The molecule has 1 aromatic carbocycles. The monoisotopic (exact) mass is 284 g/mol. The number of methoxy groups -OCH3 is 2. The molecule has 0 aliphatic carbocycles. The first kappa shape index (κ1) is 15.0. The van der Waals surface area contributed by atoms with Gasteiger partial charge < -0.3 is 14.2 Å². The van der Waals surface area contributed by atoms with Crippen LogP contribution < -0.4 is 4.74 Å². The summed E-state index contributed by atoms with van der Waals surface area (Å²) in [6.07, 6.45) is 0.893. The zero-order chi connectivity index (χ0) is 14.4. The summed E-state index contributed by atoms with van der Waals surface area (Å²) >= 11 is 5.94. The Labute approximate surface area is 115 Å². The van der Waals surface area contributed by atoms with Gasteiger partial charge in [0.25, 0.3) is 0 Å². The van der Waals surface area contributed by atoms with E-state index in [1.807, 2.05) is 6.92 Å². The van der Waals surface area contributed by atoms with E-state index in [4.69, 9.17) is 16.3 Å². The van der Waals surface area contributed by atoms with Gasteiger partial charge in [-0.3, -0.25) is 0 Å². The molecular weight excluding hydrogens is 272 g/mol. The molecule has 0 aliphatic rings. The van der Waals surface area contributed by atoms with Crippen LogP contribution in [0.4, 0.5) is 0 Å². The molecule has 0 N–H and O–H groups in total. The fourth-order valence-corrected chi connectivity index (χ4v) is 1.36. The Balaban J connectivity index is 3.07. The van der Waals surface area contributed by atoms with Crippen molar-refractivity contribution in [2.75, 3.05) is 14.2 Å². The smallest absolute Gasteiger partial charge is 0.374 e. The van der Waals surface area contributed by atoms with Crippen LogP contribution in [0, 0.1) is 6.92 Å². The van der Waals surface area contributed by atoms with Gasteiger partial charge in [-0.05, 0) is 24.6 Å². The third-order valence-corrected chi connectivity index (χ3v) is 2.46. The van der Waals surface area contributed by atoms with E-state index in [0.717, 1.165) is 11.6 Å². The molecule has 5 nitrogen and oxygen atoms in total. The summed E-state index contributed by atoms with van der Waals surface area (Å²) in [5.41, 5.74) is 0.890. The molecule has 102 valence electrons. The number of hydrogen-bond donors (Lipinski definition) is 0. The Morgan fingerprint density at radius 3 is 2.47 bits per heavy atom. The second kappa shape index (κ2) is 6.80. The number of rotatable bonds is 4. The van der Waals surface area contributed by atoms with Crippen molar-refractivity contribution in [2.45, 2.75) is 6.92 Å². The number of esters is 2. The zero-order valence-electron chi connectivity index (χ0n) is 10.7. The predicted molar refractivity (Wildman–Crippen MR) is 68.9 cm³/mol. The molecule has 0 radical (unpaired) electrons. The van der Waals surface area contributed by atoms with Crippen LogP contribution in [0.15, 0.2) is 30.0 Å². The summed E-state index contributed by atoms with van der Waals surface area (Å²) in [4.78, 5) is 22.7. The van der Waals surface area contributed by atoms with Gasteiger partial charge in [0.2, 0.25) is 5.76 Å². The highest BCUT2D eigenvalue weighted by molar-refractivity contribution is 6.32. The maximum absolute atomic E-state index is 11.5. The number of halogens is 1. The lowest BCUT2D eigenvalue weighted by molar-refractivity contribution is -0.140. The van der Waals surface area contributed by atoms with Crippen molar-refractivity contribution in [2.24, 2.45) is 0 Å². The standard InChI is InChI=1S/C13H13ClO5/c1-8-4-5-9(14)10(6-8)19-11(13(16)18-3)7-12(15)17-2/h4-7H,1-3H3/b11-7+. The van der Waals surface area contributed by atoms with E-state index in [1.54, 1.807) is 18.2 Å².